The van der Waals surface area contributed by atoms with Crippen molar-refractivity contribution in [1.29, 1.82) is 0 Å². The van der Waals surface area contributed by atoms with Crippen LogP contribution in [0, 0.1) is 5.92 Å². The zero-order valence-electron chi connectivity index (χ0n) is 13.7. The number of carbonyl (C=O) groups is 1. The number of hydrogen-bond donors (Lipinski definition) is 1. The van der Waals surface area contributed by atoms with E-state index in [9.17, 15) is 4.79 Å². The first-order valence-electron chi connectivity index (χ1n) is 8.03. The van der Waals surface area contributed by atoms with Crippen molar-refractivity contribution in [2.24, 2.45) is 5.92 Å². The van der Waals surface area contributed by atoms with Crippen LogP contribution < -0.4 is 10.2 Å². The summed E-state index contributed by atoms with van der Waals surface area (Å²) in [6, 6.07) is 2.07. The molecule has 23 heavy (non-hydrogen) atoms. The van der Waals surface area contributed by atoms with E-state index in [0.717, 1.165) is 55.1 Å². The van der Waals surface area contributed by atoms with Gasteiger partial charge in [-0.15, -0.1) is 11.3 Å². The third-order valence-corrected chi connectivity index (χ3v) is 5.21. The van der Waals surface area contributed by atoms with Gasteiger partial charge in [-0.25, -0.2) is 9.97 Å². The molecule has 2 aromatic rings. The third-order valence-electron chi connectivity index (χ3n) is 4.38. The summed E-state index contributed by atoms with van der Waals surface area (Å²) in [5.74, 6) is 1.25. The van der Waals surface area contributed by atoms with Crippen LogP contribution in [0.2, 0.25) is 0 Å². The fraction of sp³-hybridized carbons (Fsp3) is 0.562. The highest BCUT2D eigenvalue weighted by atomic mass is 32.1. The van der Waals surface area contributed by atoms with Gasteiger partial charge < -0.3 is 15.1 Å². The summed E-state index contributed by atoms with van der Waals surface area (Å²) in [7, 11) is 3.79. The van der Waals surface area contributed by atoms with Crippen LogP contribution >= 0.6 is 11.3 Å². The standard InChI is InChI=1S/C16H23N5OS/c1-17-6-8-20(2)16(22)12-4-3-7-21(10-12)14-13-5-9-23-15(13)19-11-18-14/h5,9,11-12,17H,3-4,6-8,10H2,1-2H3. The molecule has 1 saturated heterocycles. The first kappa shape index (κ1) is 16.1. The van der Waals surface area contributed by atoms with E-state index < -0.39 is 0 Å². The molecule has 124 valence electrons. The Hall–Kier alpha value is -1.73. The quantitative estimate of drug-likeness (QED) is 0.900. The van der Waals surface area contributed by atoms with E-state index in [0.29, 0.717) is 0 Å². The van der Waals surface area contributed by atoms with Crippen molar-refractivity contribution >= 4 is 33.3 Å². The van der Waals surface area contributed by atoms with E-state index in [2.05, 4.69) is 26.3 Å². The molecule has 1 aliphatic rings. The molecule has 6 nitrogen and oxygen atoms in total. The minimum absolute atomic E-state index is 0.0502. The Morgan fingerprint density at radius 1 is 1.52 bits per heavy atom. The molecule has 0 saturated carbocycles. The molecule has 7 heteroatoms. The minimum atomic E-state index is 0.0502. The zero-order valence-corrected chi connectivity index (χ0v) is 14.5. The van der Waals surface area contributed by atoms with Crippen molar-refractivity contribution < 1.29 is 4.79 Å². The molecule has 1 N–H and O–H groups in total. The topological polar surface area (TPSA) is 61.4 Å². The Morgan fingerprint density at radius 2 is 2.39 bits per heavy atom. The van der Waals surface area contributed by atoms with Gasteiger partial charge in [0.15, 0.2) is 0 Å². The summed E-state index contributed by atoms with van der Waals surface area (Å²) in [5, 5.41) is 6.22. The molecule has 3 heterocycles. The Kier molecular flexibility index (Phi) is 5.07. The summed E-state index contributed by atoms with van der Waals surface area (Å²) in [5.41, 5.74) is 0. The van der Waals surface area contributed by atoms with Crippen molar-refractivity contribution in [3.8, 4) is 0 Å². The molecule has 2 aromatic heterocycles. The van der Waals surface area contributed by atoms with E-state index in [4.69, 9.17) is 0 Å². The molecule has 1 unspecified atom stereocenters. The van der Waals surface area contributed by atoms with Crippen LogP contribution in [0.25, 0.3) is 10.2 Å². The number of fused-ring (bicyclic) bond motifs is 1. The van der Waals surface area contributed by atoms with Crippen molar-refractivity contribution in [3.05, 3.63) is 17.8 Å². The lowest BCUT2D eigenvalue weighted by atomic mass is 9.96. The predicted octanol–water partition coefficient (Wildman–Crippen LogP) is 1.59. The number of hydrogen-bond acceptors (Lipinski definition) is 6. The summed E-state index contributed by atoms with van der Waals surface area (Å²) in [6.07, 6.45) is 3.60. The Bertz CT molecular complexity index is 673. The highest BCUT2D eigenvalue weighted by Gasteiger charge is 2.29. The Labute approximate surface area is 140 Å². The Morgan fingerprint density at radius 3 is 3.22 bits per heavy atom. The van der Waals surface area contributed by atoms with Crippen LogP contribution in [-0.2, 0) is 4.79 Å². The average Bonchev–Trinajstić information content (AvgIpc) is 3.07. The molecule has 1 atom stereocenters. The van der Waals surface area contributed by atoms with Crippen LogP contribution in [-0.4, -0.2) is 61.0 Å². The number of thiophene rings is 1. The van der Waals surface area contributed by atoms with Crippen molar-refractivity contribution in [2.75, 3.05) is 45.2 Å². The molecule has 1 fully saturated rings. The lowest BCUT2D eigenvalue weighted by Crippen LogP contribution is -2.45. The number of nitrogens with one attached hydrogen (secondary N) is 1. The maximum atomic E-state index is 12.6. The van der Waals surface area contributed by atoms with Crippen LogP contribution in [0.3, 0.4) is 0 Å². The van der Waals surface area contributed by atoms with Gasteiger partial charge in [0.1, 0.15) is 17.0 Å². The molecule has 0 radical (unpaired) electrons. The van der Waals surface area contributed by atoms with Crippen molar-refractivity contribution in [2.45, 2.75) is 12.8 Å². The number of anilines is 1. The molecular formula is C16H23N5OS. The first-order valence-corrected chi connectivity index (χ1v) is 8.91. The third kappa shape index (κ3) is 3.45. The SMILES string of the molecule is CNCCN(C)C(=O)C1CCCN(c2ncnc3sccc23)C1. The van der Waals surface area contributed by atoms with E-state index in [1.165, 1.54) is 0 Å². The number of likely N-dealkylation sites (N-methyl/N-ethyl adjacent to an activating group) is 2. The lowest BCUT2D eigenvalue weighted by molar-refractivity contribution is -0.134. The van der Waals surface area contributed by atoms with Gasteiger partial charge in [-0.3, -0.25) is 4.79 Å². The van der Waals surface area contributed by atoms with Gasteiger partial charge in [-0.05, 0) is 31.3 Å². The smallest absolute Gasteiger partial charge is 0.227 e. The number of nitrogens with zero attached hydrogens (tertiary/aromatic N) is 4. The molecule has 0 aromatic carbocycles. The van der Waals surface area contributed by atoms with E-state index >= 15 is 0 Å². The number of amides is 1. The fourth-order valence-electron chi connectivity index (χ4n) is 3.10. The highest BCUT2D eigenvalue weighted by molar-refractivity contribution is 7.16. The van der Waals surface area contributed by atoms with Crippen molar-refractivity contribution in [3.63, 3.8) is 0 Å². The summed E-state index contributed by atoms with van der Waals surface area (Å²) in [4.78, 5) is 26.5. The maximum Gasteiger partial charge on any atom is 0.227 e. The molecule has 0 aliphatic carbocycles. The summed E-state index contributed by atoms with van der Waals surface area (Å²) < 4.78 is 0. The van der Waals surface area contributed by atoms with Gasteiger partial charge >= 0.3 is 0 Å². The first-order chi connectivity index (χ1) is 11.2. The predicted molar refractivity (Wildman–Crippen MR) is 93.9 cm³/mol. The van der Waals surface area contributed by atoms with Crippen LogP contribution in [0.4, 0.5) is 5.82 Å². The van der Waals surface area contributed by atoms with Gasteiger partial charge in [0.25, 0.3) is 0 Å². The van der Waals surface area contributed by atoms with E-state index in [1.807, 2.05) is 24.4 Å². The molecule has 3 rings (SSSR count). The van der Waals surface area contributed by atoms with Gasteiger partial charge in [0, 0.05) is 33.2 Å². The molecule has 0 spiro atoms. The minimum Gasteiger partial charge on any atom is -0.355 e. The van der Waals surface area contributed by atoms with Gasteiger partial charge in [0.2, 0.25) is 5.91 Å². The van der Waals surface area contributed by atoms with E-state index in [1.54, 1.807) is 17.7 Å². The van der Waals surface area contributed by atoms with E-state index in [-0.39, 0.29) is 11.8 Å². The summed E-state index contributed by atoms with van der Waals surface area (Å²) >= 11 is 1.63. The average molecular weight is 333 g/mol. The van der Waals surface area contributed by atoms with Crippen LogP contribution in [0.5, 0.6) is 0 Å². The van der Waals surface area contributed by atoms with Crippen LogP contribution in [0.15, 0.2) is 17.8 Å². The van der Waals surface area contributed by atoms with Crippen LogP contribution in [0.1, 0.15) is 12.8 Å². The van der Waals surface area contributed by atoms with Crippen molar-refractivity contribution in [1.82, 2.24) is 20.2 Å². The summed E-state index contributed by atoms with van der Waals surface area (Å²) in [6.45, 7) is 3.25. The molecule has 1 amide bonds. The largest absolute Gasteiger partial charge is 0.355 e. The van der Waals surface area contributed by atoms with Gasteiger partial charge in [-0.1, -0.05) is 0 Å². The highest BCUT2D eigenvalue weighted by Crippen LogP contribution is 2.30. The maximum absolute atomic E-state index is 12.6. The lowest BCUT2D eigenvalue weighted by Gasteiger charge is -2.34. The number of rotatable bonds is 5. The fourth-order valence-corrected chi connectivity index (χ4v) is 3.83. The zero-order chi connectivity index (χ0) is 16.2. The molecule has 0 bridgehead atoms. The number of piperidine rings is 1. The van der Waals surface area contributed by atoms with Gasteiger partial charge in [0.05, 0.1) is 11.3 Å². The molecular weight excluding hydrogens is 310 g/mol. The van der Waals surface area contributed by atoms with Gasteiger partial charge in [-0.2, -0.15) is 0 Å². The normalized spacial score (nSPS) is 18.3. The second kappa shape index (κ2) is 7.23. The Balaban J connectivity index is 1.73. The second-order valence-corrected chi connectivity index (χ2v) is 6.88. The second-order valence-electron chi connectivity index (χ2n) is 5.99. The number of carbonyl (C=O) groups excluding carboxylic acids is 1. The monoisotopic (exact) mass is 333 g/mol. The number of aromatic nitrogens is 2. The molecule has 1 aliphatic heterocycles.